The van der Waals surface area contributed by atoms with Crippen molar-refractivity contribution < 1.29 is 0 Å². The average Bonchev–Trinajstić information content (AvgIpc) is 3.13. The van der Waals surface area contributed by atoms with E-state index in [0.717, 1.165) is 27.2 Å². The number of aryl methyl sites for hydroxylation is 1. The highest BCUT2D eigenvalue weighted by atomic mass is 35.5. The van der Waals surface area contributed by atoms with E-state index in [1.54, 1.807) is 0 Å². The number of anilines is 1. The SMILES string of the molecule is CNc1cc(C2CC2)nc2cc(Cl)c(C)cc12. The van der Waals surface area contributed by atoms with Crippen LogP contribution in [0.1, 0.15) is 30.0 Å². The highest BCUT2D eigenvalue weighted by Gasteiger charge is 2.25. The summed E-state index contributed by atoms with van der Waals surface area (Å²) in [6, 6.07) is 6.25. The molecule has 0 spiro atoms. The van der Waals surface area contributed by atoms with E-state index in [-0.39, 0.29) is 0 Å². The number of halogens is 1. The third-order valence-corrected chi connectivity index (χ3v) is 3.78. The zero-order chi connectivity index (χ0) is 12.0. The Balaban J connectivity index is 2.28. The Morgan fingerprint density at radius 3 is 2.71 bits per heavy atom. The first kappa shape index (κ1) is 10.8. The molecule has 1 heterocycles. The third-order valence-electron chi connectivity index (χ3n) is 3.37. The van der Waals surface area contributed by atoms with Gasteiger partial charge < -0.3 is 5.32 Å². The predicted molar refractivity (Wildman–Crippen MR) is 73.0 cm³/mol. The lowest BCUT2D eigenvalue weighted by Gasteiger charge is -2.10. The highest BCUT2D eigenvalue weighted by molar-refractivity contribution is 6.32. The van der Waals surface area contributed by atoms with Gasteiger partial charge in [0.15, 0.2) is 0 Å². The lowest BCUT2D eigenvalue weighted by atomic mass is 10.1. The maximum atomic E-state index is 6.17. The number of nitrogens with zero attached hydrogens (tertiary/aromatic N) is 1. The van der Waals surface area contributed by atoms with Crippen molar-refractivity contribution in [2.75, 3.05) is 12.4 Å². The van der Waals surface area contributed by atoms with Crippen molar-refractivity contribution in [3.05, 3.63) is 34.5 Å². The third kappa shape index (κ3) is 1.87. The number of benzene rings is 1. The summed E-state index contributed by atoms with van der Waals surface area (Å²) >= 11 is 6.17. The minimum Gasteiger partial charge on any atom is -0.388 e. The zero-order valence-corrected chi connectivity index (χ0v) is 10.8. The monoisotopic (exact) mass is 246 g/mol. The van der Waals surface area contributed by atoms with Crippen molar-refractivity contribution in [2.45, 2.75) is 25.7 Å². The summed E-state index contributed by atoms with van der Waals surface area (Å²) in [7, 11) is 1.95. The summed E-state index contributed by atoms with van der Waals surface area (Å²) < 4.78 is 0. The van der Waals surface area contributed by atoms with Crippen LogP contribution < -0.4 is 5.32 Å². The number of fused-ring (bicyclic) bond motifs is 1. The van der Waals surface area contributed by atoms with Gasteiger partial charge in [-0.05, 0) is 43.5 Å². The predicted octanol–water partition coefficient (Wildman–Crippen LogP) is 4.12. The molecule has 1 aliphatic rings. The highest BCUT2D eigenvalue weighted by Crippen LogP contribution is 2.41. The van der Waals surface area contributed by atoms with Gasteiger partial charge in [0.1, 0.15) is 0 Å². The first-order chi connectivity index (χ1) is 8.19. The first-order valence-corrected chi connectivity index (χ1v) is 6.35. The molecule has 2 nitrogen and oxygen atoms in total. The molecule has 1 aliphatic carbocycles. The average molecular weight is 247 g/mol. The van der Waals surface area contributed by atoms with Gasteiger partial charge in [-0.2, -0.15) is 0 Å². The van der Waals surface area contributed by atoms with E-state index >= 15 is 0 Å². The molecule has 1 N–H and O–H groups in total. The van der Waals surface area contributed by atoms with Gasteiger partial charge in [-0.25, -0.2) is 0 Å². The van der Waals surface area contributed by atoms with Crippen molar-refractivity contribution in [3.8, 4) is 0 Å². The molecule has 3 rings (SSSR count). The molecule has 88 valence electrons. The molecule has 2 aromatic rings. The molecule has 0 saturated heterocycles. The second kappa shape index (κ2) is 3.88. The summed E-state index contributed by atoms with van der Waals surface area (Å²) in [5, 5.41) is 5.20. The standard InChI is InChI=1S/C14H15ClN2/c1-8-5-10-13(16-2)7-12(9-3-4-9)17-14(10)6-11(8)15/h5-7,9H,3-4H2,1-2H3,(H,16,17). The molecular weight excluding hydrogens is 232 g/mol. The van der Waals surface area contributed by atoms with Crippen molar-refractivity contribution >= 4 is 28.2 Å². The van der Waals surface area contributed by atoms with Crippen molar-refractivity contribution in [1.29, 1.82) is 0 Å². The number of pyridine rings is 1. The van der Waals surface area contributed by atoms with E-state index in [9.17, 15) is 0 Å². The number of hydrogen-bond donors (Lipinski definition) is 1. The number of aromatic nitrogens is 1. The fourth-order valence-corrected chi connectivity index (χ4v) is 2.33. The number of rotatable bonds is 2. The maximum Gasteiger partial charge on any atom is 0.0741 e. The minimum absolute atomic E-state index is 0.659. The Kier molecular flexibility index (Phi) is 2.48. The summed E-state index contributed by atoms with van der Waals surface area (Å²) in [4.78, 5) is 4.72. The molecule has 0 atom stereocenters. The summed E-state index contributed by atoms with van der Waals surface area (Å²) in [5.74, 6) is 0.659. The van der Waals surface area contributed by atoms with Gasteiger partial charge in [-0.1, -0.05) is 11.6 Å². The van der Waals surface area contributed by atoms with Crippen LogP contribution >= 0.6 is 11.6 Å². The van der Waals surface area contributed by atoms with Crippen LogP contribution in [0, 0.1) is 6.92 Å². The lowest BCUT2D eigenvalue weighted by molar-refractivity contribution is 1.04. The van der Waals surface area contributed by atoms with Crippen LogP contribution in [-0.4, -0.2) is 12.0 Å². The molecule has 0 aliphatic heterocycles. The van der Waals surface area contributed by atoms with Gasteiger partial charge in [-0.15, -0.1) is 0 Å². The van der Waals surface area contributed by atoms with E-state index < -0.39 is 0 Å². The molecule has 0 amide bonds. The molecule has 1 fully saturated rings. The molecule has 17 heavy (non-hydrogen) atoms. The number of nitrogens with one attached hydrogen (secondary N) is 1. The maximum absolute atomic E-state index is 6.17. The Hall–Kier alpha value is -1.28. The van der Waals surface area contributed by atoms with Crippen LogP contribution in [0.5, 0.6) is 0 Å². The van der Waals surface area contributed by atoms with Crippen LogP contribution in [0.25, 0.3) is 10.9 Å². The molecule has 1 aromatic heterocycles. The van der Waals surface area contributed by atoms with Gasteiger partial charge in [0.05, 0.1) is 5.52 Å². The molecule has 0 radical (unpaired) electrons. The van der Waals surface area contributed by atoms with E-state index in [2.05, 4.69) is 17.4 Å². The van der Waals surface area contributed by atoms with Crippen molar-refractivity contribution in [3.63, 3.8) is 0 Å². The van der Waals surface area contributed by atoms with Crippen LogP contribution in [0.2, 0.25) is 5.02 Å². The first-order valence-electron chi connectivity index (χ1n) is 5.97. The second-order valence-electron chi connectivity index (χ2n) is 4.74. The Bertz CT molecular complexity index is 588. The molecular formula is C14H15ClN2. The lowest BCUT2D eigenvalue weighted by Crippen LogP contribution is -1.96. The molecule has 1 saturated carbocycles. The van der Waals surface area contributed by atoms with Gasteiger partial charge >= 0.3 is 0 Å². The van der Waals surface area contributed by atoms with Crippen molar-refractivity contribution in [2.24, 2.45) is 0 Å². The van der Waals surface area contributed by atoms with Gasteiger partial charge in [-0.3, -0.25) is 4.98 Å². The smallest absolute Gasteiger partial charge is 0.0741 e. The van der Waals surface area contributed by atoms with Gasteiger partial charge in [0.25, 0.3) is 0 Å². The fourth-order valence-electron chi connectivity index (χ4n) is 2.17. The zero-order valence-electron chi connectivity index (χ0n) is 10.0. The Labute approximate surface area is 106 Å². The van der Waals surface area contributed by atoms with E-state index in [1.165, 1.54) is 18.5 Å². The van der Waals surface area contributed by atoms with Crippen LogP contribution in [0.15, 0.2) is 18.2 Å². The van der Waals surface area contributed by atoms with Gasteiger partial charge in [0.2, 0.25) is 0 Å². The quantitative estimate of drug-likeness (QED) is 0.862. The van der Waals surface area contributed by atoms with Crippen molar-refractivity contribution in [1.82, 2.24) is 4.98 Å². The topological polar surface area (TPSA) is 24.9 Å². The summed E-state index contributed by atoms with van der Waals surface area (Å²) in [5.41, 5.74) is 4.43. The van der Waals surface area contributed by atoms with Gasteiger partial charge in [0, 0.05) is 34.8 Å². The largest absolute Gasteiger partial charge is 0.388 e. The van der Waals surface area contributed by atoms with Crippen LogP contribution in [-0.2, 0) is 0 Å². The van der Waals surface area contributed by atoms with E-state index in [0.29, 0.717) is 5.92 Å². The molecule has 3 heteroatoms. The Morgan fingerprint density at radius 2 is 2.06 bits per heavy atom. The summed E-state index contributed by atoms with van der Waals surface area (Å²) in [6.45, 7) is 2.02. The number of hydrogen-bond acceptors (Lipinski definition) is 2. The second-order valence-corrected chi connectivity index (χ2v) is 5.14. The Morgan fingerprint density at radius 1 is 1.29 bits per heavy atom. The van der Waals surface area contributed by atoms with Crippen LogP contribution in [0.3, 0.4) is 0 Å². The fraction of sp³-hybridized carbons (Fsp3) is 0.357. The van der Waals surface area contributed by atoms with Crippen LogP contribution in [0.4, 0.5) is 5.69 Å². The van der Waals surface area contributed by atoms with E-state index in [4.69, 9.17) is 16.6 Å². The molecule has 0 bridgehead atoms. The normalized spacial score (nSPS) is 15.2. The summed E-state index contributed by atoms with van der Waals surface area (Å²) in [6.07, 6.45) is 2.53. The van der Waals surface area contributed by atoms with E-state index in [1.807, 2.05) is 20.0 Å². The minimum atomic E-state index is 0.659. The molecule has 0 unspecified atom stereocenters. The molecule has 1 aromatic carbocycles.